The highest BCUT2D eigenvalue weighted by Crippen LogP contribution is 2.46. The Labute approximate surface area is 236 Å². The zero-order chi connectivity index (χ0) is 28.9. The van der Waals surface area contributed by atoms with Crippen molar-refractivity contribution in [2.24, 2.45) is 5.92 Å². The van der Waals surface area contributed by atoms with Gasteiger partial charge in [-0.05, 0) is 68.2 Å². The molecule has 2 aromatic carbocycles. The third-order valence-electron chi connectivity index (χ3n) is 8.75. The fraction of sp³-hybridized carbons (Fsp3) is 0.433. The van der Waals surface area contributed by atoms with Crippen LogP contribution in [0.15, 0.2) is 48.5 Å². The van der Waals surface area contributed by atoms with Gasteiger partial charge in [0.05, 0.1) is 0 Å². The number of ether oxygens (including phenoxy) is 1. The van der Waals surface area contributed by atoms with Crippen LogP contribution in [-0.2, 0) is 37.7 Å². The minimum Gasteiger partial charge on any atom is -0.465 e. The van der Waals surface area contributed by atoms with Gasteiger partial charge in [0.25, 0.3) is 5.91 Å². The molecule has 0 aromatic heterocycles. The third-order valence-corrected chi connectivity index (χ3v) is 8.75. The smallest absolute Gasteiger partial charge is 0.418 e. The summed E-state index contributed by atoms with van der Waals surface area (Å²) in [5.74, 6) is -0.911. The van der Waals surface area contributed by atoms with Crippen molar-refractivity contribution in [3.63, 3.8) is 0 Å². The number of carbonyl (C=O) groups is 5. The van der Waals surface area contributed by atoms with Crippen LogP contribution in [0.25, 0.3) is 0 Å². The summed E-state index contributed by atoms with van der Waals surface area (Å²) >= 11 is 0. The van der Waals surface area contributed by atoms with Crippen LogP contribution < -0.4 is 10.6 Å². The summed E-state index contributed by atoms with van der Waals surface area (Å²) in [4.78, 5) is 66.7. The highest BCUT2D eigenvalue weighted by molar-refractivity contribution is 6.06. The van der Waals surface area contributed by atoms with Crippen LogP contribution in [0.5, 0.6) is 0 Å². The van der Waals surface area contributed by atoms with Crippen LogP contribution in [0.1, 0.15) is 55.7 Å². The molecule has 1 unspecified atom stereocenters. The normalized spacial score (nSPS) is 22.6. The van der Waals surface area contributed by atoms with Crippen molar-refractivity contribution in [1.82, 2.24) is 15.1 Å². The van der Waals surface area contributed by atoms with E-state index in [1.54, 1.807) is 23.1 Å². The summed E-state index contributed by atoms with van der Waals surface area (Å²) in [6.45, 7) is 2.00. The number of hydrogen-bond acceptors (Lipinski definition) is 6. The first kappa shape index (κ1) is 26.8. The number of benzene rings is 2. The quantitative estimate of drug-likeness (QED) is 0.426. The molecule has 1 spiro atoms. The number of carbonyl (C=O) groups excluding carboxylic acids is 4. The Hall–Kier alpha value is -4.41. The Bertz CT molecular complexity index is 1440. The summed E-state index contributed by atoms with van der Waals surface area (Å²) in [5.41, 5.74) is 0.0612. The Morgan fingerprint density at radius 2 is 1.83 bits per heavy atom. The summed E-state index contributed by atoms with van der Waals surface area (Å²) in [5, 5.41) is 14.1. The van der Waals surface area contributed by atoms with Gasteiger partial charge in [0.2, 0.25) is 17.4 Å². The second-order valence-corrected chi connectivity index (χ2v) is 11.5. The van der Waals surface area contributed by atoms with Gasteiger partial charge in [-0.2, -0.15) is 0 Å². The molecule has 0 radical (unpaired) electrons. The Kier molecular flexibility index (Phi) is 6.47. The molecule has 2 saturated carbocycles. The molecular formula is C30H32N4O7. The van der Waals surface area contributed by atoms with Crippen molar-refractivity contribution in [2.75, 3.05) is 11.9 Å². The van der Waals surface area contributed by atoms with Gasteiger partial charge in [-0.15, -0.1) is 0 Å². The number of carboxylic acid groups (broad SMARTS) is 1. The van der Waals surface area contributed by atoms with Crippen LogP contribution in [0.4, 0.5) is 15.3 Å². The van der Waals surface area contributed by atoms with E-state index in [4.69, 9.17) is 9.84 Å². The first-order valence-electron chi connectivity index (χ1n) is 14.0. The average molecular weight is 561 g/mol. The van der Waals surface area contributed by atoms with Gasteiger partial charge in [-0.25, -0.2) is 14.5 Å². The number of aryl methyl sites for hydroxylation is 1. The average Bonchev–Trinajstić information content (AvgIpc) is 3.88. The maximum Gasteiger partial charge on any atom is 0.418 e. The van der Waals surface area contributed by atoms with Crippen LogP contribution in [-0.4, -0.2) is 62.9 Å². The van der Waals surface area contributed by atoms with Crippen molar-refractivity contribution in [2.45, 2.75) is 69.2 Å². The van der Waals surface area contributed by atoms with E-state index in [0.29, 0.717) is 43.0 Å². The van der Waals surface area contributed by atoms with Gasteiger partial charge in [0.15, 0.2) is 0 Å². The van der Waals surface area contributed by atoms with Crippen molar-refractivity contribution >= 4 is 35.6 Å². The Balaban J connectivity index is 1.17. The van der Waals surface area contributed by atoms with E-state index in [9.17, 15) is 24.0 Å². The molecule has 11 nitrogen and oxygen atoms in total. The number of anilines is 1. The van der Waals surface area contributed by atoms with Crippen LogP contribution in [0, 0.1) is 5.92 Å². The molecule has 6 rings (SSSR count). The molecule has 1 heterocycles. The second-order valence-electron chi connectivity index (χ2n) is 11.5. The number of imide groups is 1. The van der Waals surface area contributed by atoms with E-state index in [-0.39, 0.29) is 18.4 Å². The van der Waals surface area contributed by atoms with Gasteiger partial charge >= 0.3 is 12.2 Å². The van der Waals surface area contributed by atoms with Crippen molar-refractivity contribution < 1.29 is 33.8 Å². The SMILES string of the molecule is C[C@@H](C1CC1)N(Cc1ccccc1)C(=O)CN1C(=O)OC2(CCc3cc(NC(=O)C4(NC(=O)O)CC4)ccc32)C1=O. The minimum atomic E-state index is -1.51. The maximum absolute atomic E-state index is 13.7. The molecule has 3 aliphatic carbocycles. The van der Waals surface area contributed by atoms with Gasteiger partial charge in [-0.1, -0.05) is 36.4 Å². The molecule has 2 atom stereocenters. The van der Waals surface area contributed by atoms with E-state index in [2.05, 4.69) is 10.6 Å². The molecule has 1 aliphatic heterocycles. The molecule has 4 aliphatic rings. The highest BCUT2D eigenvalue weighted by atomic mass is 16.6. The first-order chi connectivity index (χ1) is 19.6. The van der Waals surface area contributed by atoms with Gasteiger partial charge < -0.3 is 25.4 Å². The van der Waals surface area contributed by atoms with Gasteiger partial charge in [0.1, 0.15) is 12.1 Å². The van der Waals surface area contributed by atoms with Crippen LogP contribution >= 0.6 is 0 Å². The lowest BCUT2D eigenvalue weighted by molar-refractivity contribution is -0.143. The lowest BCUT2D eigenvalue weighted by Gasteiger charge is -2.30. The van der Waals surface area contributed by atoms with Crippen LogP contribution in [0.2, 0.25) is 0 Å². The zero-order valence-corrected chi connectivity index (χ0v) is 22.7. The number of rotatable bonds is 9. The summed E-state index contributed by atoms with van der Waals surface area (Å²) in [6, 6.07) is 14.6. The monoisotopic (exact) mass is 560 g/mol. The van der Waals surface area contributed by atoms with Gasteiger partial charge in [0, 0.05) is 30.3 Å². The Morgan fingerprint density at radius 3 is 2.49 bits per heavy atom. The summed E-state index contributed by atoms with van der Waals surface area (Å²) in [7, 11) is 0. The molecule has 11 heteroatoms. The third kappa shape index (κ3) is 4.89. The lowest BCUT2D eigenvalue weighted by atomic mass is 9.94. The fourth-order valence-electron chi connectivity index (χ4n) is 6.02. The van der Waals surface area contributed by atoms with E-state index < -0.39 is 41.7 Å². The molecule has 5 amide bonds. The molecule has 214 valence electrons. The number of nitrogens with zero attached hydrogens (tertiary/aromatic N) is 2. The predicted molar refractivity (Wildman–Crippen MR) is 146 cm³/mol. The molecule has 3 fully saturated rings. The Morgan fingerprint density at radius 1 is 1.10 bits per heavy atom. The van der Waals surface area contributed by atoms with E-state index >= 15 is 0 Å². The number of fused-ring (bicyclic) bond motifs is 2. The molecule has 3 N–H and O–H groups in total. The van der Waals surface area contributed by atoms with Crippen molar-refractivity contribution in [3.05, 3.63) is 65.2 Å². The summed E-state index contributed by atoms with van der Waals surface area (Å²) in [6.07, 6.45) is 1.48. The van der Waals surface area contributed by atoms with E-state index in [1.165, 1.54) is 0 Å². The highest BCUT2D eigenvalue weighted by Gasteiger charge is 2.58. The molecule has 1 saturated heterocycles. The van der Waals surface area contributed by atoms with Crippen molar-refractivity contribution in [3.8, 4) is 0 Å². The summed E-state index contributed by atoms with van der Waals surface area (Å²) < 4.78 is 5.71. The standard InChI is InChI=1S/C30H32N4O7/c1-18(20-7-8-20)33(16-19-5-3-2-4-6-19)24(35)17-34-26(37)30(41-28(34)40)12-11-21-15-22(9-10-23(21)30)31-25(36)29(13-14-29)32-27(38)39/h2-6,9-10,15,18,20,32H,7-8,11-14,16-17H2,1H3,(H,31,36)(H,38,39)/t18-,30?/m0/s1. The molecular weight excluding hydrogens is 528 g/mol. The zero-order valence-electron chi connectivity index (χ0n) is 22.7. The molecule has 2 aromatic rings. The second kappa shape index (κ2) is 9.90. The van der Waals surface area contributed by atoms with Crippen LogP contribution in [0.3, 0.4) is 0 Å². The predicted octanol–water partition coefficient (Wildman–Crippen LogP) is 3.37. The number of amides is 5. The first-order valence-corrected chi connectivity index (χ1v) is 14.0. The fourth-order valence-corrected chi connectivity index (χ4v) is 6.02. The van der Waals surface area contributed by atoms with E-state index in [1.807, 2.05) is 37.3 Å². The number of hydrogen-bond donors (Lipinski definition) is 3. The largest absolute Gasteiger partial charge is 0.465 e. The maximum atomic E-state index is 13.7. The van der Waals surface area contributed by atoms with Crippen molar-refractivity contribution in [1.29, 1.82) is 0 Å². The minimum absolute atomic E-state index is 0.0216. The number of nitrogens with one attached hydrogen (secondary N) is 2. The van der Waals surface area contributed by atoms with E-state index in [0.717, 1.165) is 28.9 Å². The topological polar surface area (TPSA) is 145 Å². The molecule has 41 heavy (non-hydrogen) atoms. The molecule has 0 bridgehead atoms. The van der Waals surface area contributed by atoms with Gasteiger partial charge in [-0.3, -0.25) is 14.4 Å². The lowest BCUT2D eigenvalue weighted by Crippen LogP contribution is -2.47.